The Hall–Kier alpha value is -2.41. The molecule has 1 aromatic rings. The molecule has 7 nitrogen and oxygen atoms in total. The molecule has 0 N–H and O–H groups in total. The fourth-order valence-corrected chi connectivity index (χ4v) is 6.08. The molecule has 1 aliphatic heterocycles. The number of carbonyl (C=O) groups excluding carboxylic acids is 3. The van der Waals surface area contributed by atoms with Gasteiger partial charge in [0.1, 0.15) is 18.8 Å². The zero-order valence-electron chi connectivity index (χ0n) is 17.7. The van der Waals surface area contributed by atoms with E-state index >= 15 is 0 Å². The monoisotopic (exact) mass is 428 g/mol. The summed E-state index contributed by atoms with van der Waals surface area (Å²) >= 11 is 0. The molecule has 1 heterocycles. The predicted octanol–water partition coefficient (Wildman–Crippen LogP) is 3.01. The molecule has 31 heavy (non-hydrogen) atoms. The van der Waals surface area contributed by atoms with Crippen molar-refractivity contribution in [3.63, 3.8) is 0 Å². The fraction of sp³-hybridized carbons (Fsp3) is 0.625. The second kappa shape index (κ2) is 8.26. The lowest BCUT2D eigenvalue weighted by molar-refractivity contribution is -0.143. The smallest absolute Gasteiger partial charge is 0.338 e. The summed E-state index contributed by atoms with van der Waals surface area (Å²) in [6.45, 7) is 2.82. The number of ether oxygens (including phenoxy) is 4. The van der Waals surface area contributed by atoms with Crippen molar-refractivity contribution in [2.45, 2.75) is 44.8 Å². The van der Waals surface area contributed by atoms with Crippen molar-refractivity contribution >= 4 is 17.9 Å². The second-order valence-electron chi connectivity index (χ2n) is 9.42. The van der Waals surface area contributed by atoms with Crippen LogP contribution in [0.3, 0.4) is 0 Å². The van der Waals surface area contributed by atoms with E-state index in [4.69, 9.17) is 18.9 Å². The largest absolute Gasteiger partial charge is 0.466 e. The summed E-state index contributed by atoms with van der Waals surface area (Å²) in [5.74, 6) is 1.72. The van der Waals surface area contributed by atoms with Crippen LogP contribution >= 0.6 is 0 Å². The number of carbonyl (C=O) groups is 3. The Labute approximate surface area is 181 Å². The first kappa shape index (κ1) is 20.5. The standard InChI is InChI=1S/C24H28O7/c1-13(25)28-10-17-6-16-7-20(17)22-9-18(8-21(16)22)31-24(27)15-4-2-3-14(5-15)23(26)30-12-19-11-29-19/h2-5,16-22H,6-12H2,1H3/t16?,17?,18?,19?,20?,21-,22+/m0/s1. The van der Waals surface area contributed by atoms with Gasteiger partial charge >= 0.3 is 17.9 Å². The van der Waals surface area contributed by atoms with Crippen LogP contribution in [0.25, 0.3) is 0 Å². The number of epoxide rings is 1. The van der Waals surface area contributed by atoms with Gasteiger partial charge in [-0.1, -0.05) is 6.07 Å². The zero-order chi connectivity index (χ0) is 21.5. The molecule has 2 bridgehead atoms. The molecule has 3 saturated carbocycles. The van der Waals surface area contributed by atoms with E-state index in [0.29, 0.717) is 53.9 Å². The van der Waals surface area contributed by atoms with Gasteiger partial charge < -0.3 is 18.9 Å². The second-order valence-corrected chi connectivity index (χ2v) is 9.42. The topological polar surface area (TPSA) is 91.4 Å². The van der Waals surface area contributed by atoms with Crippen molar-refractivity contribution in [2.24, 2.45) is 29.6 Å². The first-order chi connectivity index (χ1) is 15.0. The van der Waals surface area contributed by atoms with Crippen LogP contribution in [0, 0.1) is 29.6 Å². The van der Waals surface area contributed by atoms with Gasteiger partial charge in [0.25, 0.3) is 0 Å². The van der Waals surface area contributed by atoms with Crippen molar-refractivity contribution in [1.82, 2.24) is 0 Å². The van der Waals surface area contributed by atoms with E-state index in [-0.39, 0.29) is 24.8 Å². The third-order valence-corrected chi connectivity index (χ3v) is 7.47. The molecule has 3 aliphatic carbocycles. The molecule has 0 aromatic heterocycles. The SMILES string of the molecule is CC(=O)OCC1CC2CC1[C@H]1CC(OC(=O)c3cccc(C(=O)OCC4CO4)c3)C[C@@H]21. The average Bonchev–Trinajstić information content (AvgIpc) is 3.20. The van der Waals surface area contributed by atoms with E-state index in [1.54, 1.807) is 18.2 Å². The van der Waals surface area contributed by atoms with E-state index in [0.717, 1.165) is 19.3 Å². The van der Waals surface area contributed by atoms with E-state index < -0.39 is 11.9 Å². The van der Waals surface area contributed by atoms with Crippen LogP contribution in [-0.4, -0.2) is 49.9 Å². The molecular formula is C24H28O7. The lowest BCUT2D eigenvalue weighted by Gasteiger charge is -2.30. The molecule has 0 amide bonds. The summed E-state index contributed by atoms with van der Waals surface area (Å²) in [5, 5.41) is 0. The number of esters is 3. The Morgan fingerprint density at radius 2 is 1.68 bits per heavy atom. The third-order valence-electron chi connectivity index (χ3n) is 7.47. The summed E-state index contributed by atoms with van der Waals surface area (Å²) in [5.41, 5.74) is 0.703. The maximum atomic E-state index is 12.7. The van der Waals surface area contributed by atoms with Crippen molar-refractivity contribution in [3.05, 3.63) is 35.4 Å². The summed E-state index contributed by atoms with van der Waals surface area (Å²) < 4.78 is 21.3. The average molecular weight is 428 g/mol. The minimum atomic E-state index is -0.462. The number of benzene rings is 1. The lowest BCUT2D eigenvalue weighted by atomic mass is 9.76. The third kappa shape index (κ3) is 4.33. The molecule has 5 rings (SSSR count). The molecule has 0 spiro atoms. The van der Waals surface area contributed by atoms with Crippen molar-refractivity contribution in [1.29, 1.82) is 0 Å². The minimum Gasteiger partial charge on any atom is -0.466 e. The molecule has 0 radical (unpaired) electrons. The van der Waals surface area contributed by atoms with Crippen molar-refractivity contribution in [2.75, 3.05) is 19.8 Å². The summed E-state index contributed by atoms with van der Waals surface area (Å²) in [6, 6.07) is 6.50. The molecule has 4 aliphatic rings. The first-order valence-corrected chi connectivity index (χ1v) is 11.2. The summed E-state index contributed by atoms with van der Waals surface area (Å²) in [4.78, 5) is 36.1. The van der Waals surface area contributed by atoms with E-state index in [1.807, 2.05) is 0 Å². The quantitative estimate of drug-likeness (QED) is 0.374. The van der Waals surface area contributed by atoms with Crippen LogP contribution in [0.1, 0.15) is 53.3 Å². The molecule has 4 fully saturated rings. The molecule has 1 aromatic carbocycles. The number of fused-ring (bicyclic) bond motifs is 5. The van der Waals surface area contributed by atoms with Gasteiger partial charge in [-0.25, -0.2) is 9.59 Å². The summed E-state index contributed by atoms with van der Waals surface area (Å²) in [6.07, 6.45) is 4.00. The van der Waals surface area contributed by atoms with Gasteiger partial charge in [-0.15, -0.1) is 0 Å². The highest BCUT2D eigenvalue weighted by Gasteiger charge is 2.56. The Kier molecular flexibility index (Phi) is 5.46. The van der Waals surface area contributed by atoms with Crippen LogP contribution in [0.15, 0.2) is 24.3 Å². The highest BCUT2D eigenvalue weighted by atomic mass is 16.6. The molecule has 166 valence electrons. The van der Waals surface area contributed by atoms with Crippen LogP contribution in [-0.2, 0) is 23.7 Å². The maximum Gasteiger partial charge on any atom is 0.338 e. The highest BCUT2D eigenvalue weighted by molar-refractivity contribution is 5.95. The zero-order valence-corrected chi connectivity index (χ0v) is 17.7. The van der Waals surface area contributed by atoms with Gasteiger partial charge in [0.05, 0.1) is 24.3 Å². The normalized spacial score (nSPS) is 34.8. The lowest BCUT2D eigenvalue weighted by Crippen LogP contribution is -2.27. The van der Waals surface area contributed by atoms with E-state index in [2.05, 4.69) is 0 Å². The van der Waals surface area contributed by atoms with E-state index in [9.17, 15) is 14.4 Å². The van der Waals surface area contributed by atoms with Gasteiger partial charge in [-0.2, -0.15) is 0 Å². The van der Waals surface area contributed by atoms with Crippen molar-refractivity contribution in [3.8, 4) is 0 Å². The van der Waals surface area contributed by atoms with Gasteiger partial charge in [-0.3, -0.25) is 4.79 Å². The Morgan fingerprint density at radius 3 is 2.42 bits per heavy atom. The van der Waals surface area contributed by atoms with Gasteiger partial charge in [0.2, 0.25) is 0 Å². The van der Waals surface area contributed by atoms with Crippen molar-refractivity contribution < 1.29 is 33.3 Å². The fourth-order valence-electron chi connectivity index (χ4n) is 6.08. The maximum absolute atomic E-state index is 12.7. The summed E-state index contributed by atoms with van der Waals surface area (Å²) in [7, 11) is 0. The minimum absolute atomic E-state index is 0.00262. The van der Waals surface area contributed by atoms with Gasteiger partial charge in [0, 0.05) is 6.92 Å². The molecule has 1 saturated heterocycles. The van der Waals surface area contributed by atoms with Crippen LogP contribution < -0.4 is 0 Å². The number of rotatable bonds is 7. The van der Waals surface area contributed by atoms with Crippen LogP contribution in [0.4, 0.5) is 0 Å². The van der Waals surface area contributed by atoms with Crippen LogP contribution in [0.2, 0.25) is 0 Å². The van der Waals surface area contributed by atoms with Gasteiger partial charge in [-0.05, 0) is 73.5 Å². The number of hydrogen-bond acceptors (Lipinski definition) is 7. The predicted molar refractivity (Wildman–Crippen MR) is 108 cm³/mol. The molecule has 7 atom stereocenters. The van der Waals surface area contributed by atoms with Crippen LogP contribution in [0.5, 0.6) is 0 Å². The first-order valence-electron chi connectivity index (χ1n) is 11.2. The van der Waals surface area contributed by atoms with Gasteiger partial charge in [0.15, 0.2) is 0 Å². The molecule has 7 heteroatoms. The highest BCUT2D eigenvalue weighted by Crippen LogP contribution is 2.61. The number of hydrogen-bond donors (Lipinski definition) is 0. The Bertz CT molecular complexity index is 876. The Balaban J connectivity index is 1.16. The van der Waals surface area contributed by atoms with E-state index in [1.165, 1.54) is 19.4 Å². The molecule has 5 unspecified atom stereocenters. The molecular weight excluding hydrogens is 400 g/mol. The Morgan fingerprint density at radius 1 is 0.935 bits per heavy atom.